The maximum Gasteiger partial charge on any atom is 0.233 e. The third kappa shape index (κ3) is 4.67. The first-order valence-corrected chi connectivity index (χ1v) is 10.1. The summed E-state index contributed by atoms with van der Waals surface area (Å²) >= 11 is 7.83. The number of anilines is 1. The Labute approximate surface area is 169 Å². The molecular weight excluding hydrogens is 378 g/mol. The van der Waals surface area contributed by atoms with Crippen molar-refractivity contribution in [1.82, 2.24) is 9.88 Å². The summed E-state index contributed by atoms with van der Waals surface area (Å²) in [6, 6.07) is 11.8. The van der Waals surface area contributed by atoms with Crippen molar-refractivity contribution in [3.63, 3.8) is 0 Å². The lowest BCUT2D eigenvalue weighted by Crippen LogP contribution is -2.37. The molecule has 4 nitrogen and oxygen atoms in total. The van der Waals surface area contributed by atoms with Gasteiger partial charge in [-0.05, 0) is 56.8 Å². The van der Waals surface area contributed by atoms with Crippen LogP contribution in [0.5, 0.6) is 0 Å². The minimum atomic E-state index is 0.0124. The highest BCUT2D eigenvalue weighted by Gasteiger charge is 2.21. The Bertz CT molecular complexity index is 967. The van der Waals surface area contributed by atoms with Gasteiger partial charge in [0.15, 0.2) is 5.13 Å². The first-order valence-electron chi connectivity index (χ1n) is 8.91. The van der Waals surface area contributed by atoms with E-state index in [1.165, 1.54) is 5.56 Å². The predicted octanol–water partition coefficient (Wildman–Crippen LogP) is 4.70. The van der Waals surface area contributed by atoms with Crippen LogP contribution in [0.1, 0.15) is 16.7 Å². The number of carbonyl (C=O) groups is 1. The molecule has 1 aromatic heterocycles. The molecule has 0 radical (unpaired) electrons. The van der Waals surface area contributed by atoms with Crippen molar-refractivity contribution >= 4 is 44.2 Å². The molecule has 3 rings (SSSR count). The number of aryl methyl sites for hydroxylation is 2. The number of rotatable bonds is 6. The smallest absolute Gasteiger partial charge is 0.233 e. The van der Waals surface area contributed by atoms with Crippen LogP contribution < -0.4 is 4.90 Å². The van der Waals surface area contributed by atoms with E-state index in [2.05, 4.69) is 30.9 Å². The van der Waals surface area contributed by atoms with E-state index in [0.29, 0.717) is 11.6 Å². The SMILES string of the molecule is Cc1cc(C)c2nc(N(CCN(C)C)C(=O)Cc3ccccc3Cl)sc2c1. The highest BCUT2D eigenvalue weighted by Crippen LogP contribution is 2.32. The van der Waals surface area contributed by atoms with Gasteiger partial charge in [0.1, 0.15) is 0 Å². The molecule has 142 valence electrons. The number of fused-ring (bicyclic) bond motifs is 1. The number of benzene rings is 2. The summed E-state index contributed by atoms with van der Waals surface area (Å²) < 4.78 is 1.11. The summed E-state index contributed by atoms with van der Waals surface area (Å²) in [5.74, 6) is 0.0124. The summed E-state index contributed by atoms with van der Waals surface area (Å²) in [5.41, 5.74) is 4.16. The fourth-order valence-electron chi connectivity index (χ4n) is 3.00. The fourth-order valence-corrected chi connectivity index (χ4v) is 4.39. The van der Waals surface area contributed by atoms with Gasteiger partial charge in [-0.2, -0.15) is 0 Å². The van der Waals surface area contributed by atoms with Gasteiger partial charge in [-0.3, -0.25) is 9.69 Å². The van der Waals surface area contributed by atoms with Gasteiger partial charge in [-0.15, -0.1) is 0 Å². The van der Waals surface area contributed by atoms with E-state index in [9.17, 15) is 4.79 Å². The topological polar surface area (TPSA) is 36.4 Å². The maximum atomic E-state index is 13.1. The summed E-state index contributed by atoms with van der Waals surface area (Å²) in [6.45, 7) is 5.50. The Hall–Kier alpha value is -1.95. The summed E-state index contributed by atoms with van der Waals surface area (Å²) in [4.78, 5) is 21.8. The van der Waals surface area contributed by atoms with Crippen LogP contribution in [-0.4, -0.2) is 43.0 Å². The zero-order chi connectivity index (χ0) is 19.6. The number of hydrogen-bond donors (Lipinski definition) is 0. The zero-order valence-corrected chi connectivity index (χ0v) is 17.7. The standard InChI is InChI=1S/C21H24ClN3OS/c1-14-11-15(2)20-18(12-14)27-21(23-20)25(10-9-24(3)4)19(26)13-16-7-5-6-8-17(16)22/h5-8,11-12H,9-10,13H2,1-4H3. The molecule has 0 aliphatic carbocycles. The van der Waals surface area contributed by atoms with Crippen LogP contribution in [-0.2, 0) is 11.2 Å². The van der Waals surface area contributed by atoms with Crippen LogP contribution >= 0.6 is 22.9 Å². The molecule has 1 heterocycles. The highest BCUT2D eigenvalue weighted by atomic mass is 35.5. The van der Waals surface area contributed by atoms with Gasteiger partial charge in [0.25, 0.3) is 0 Å². The van der Waals surface area contributed by atoms with Crippen LogP contribution in [0.25, 0.3) is 10.2 Å². The van der Waals surface area contributed by atoms with Crippen molar-refractivity contribution in [2.45, 2.75) is 20.3 Å². The molecule has 0 N–H and O–H groups in total. The Kier molecular flexibility index (Phi) is 6.15. The van der Waals surface area contributed by atoms with E-state index < -0.39 is 0 Å². The van der Waals surface area contributed by atoms with Crippen LogP contribution in [0.4, 0.5) is 5.13 Å². The summed E-state index contributed by atoms with van der Waals surface area (Å²) in [6.07, 6.45) is 0.265. The largest absolute Gasteiger partial charge is 0.308 e. The van der Waals surface area contributed by atoms with E-state index in [0.717, 1.165) is 33.0 Å². The van der Waals surface area contributed by atoms with E-state index >= 15 is 0 Å². The Morgan fingerprint density at radius 3 is 2.59 bits per heavy atom. The molecule has 0 aliphatic rings. The second-order valence-electron chi connectivity index (χ2n) is 7.04. The molecular formula is C21H24ClN3OS. The number of likely N-dealkylation sites (N-methyl/N-ethyl adjacent to an activating group) is 1. The van der Waals surface area contributed by atoms with Gasteiger partial charge in [0.05, 0.1) is 16.6 Å². The van der Waals surface area contributed by atoms with Crippen molar-refractivity contribution < 1.29 is 4.79 Å². The number of thiazole rings is 1. The fraction of sp³-hybridized carbons (Fsp3) is 0.333. The lowest BCUT2D eigenvalue weighted by atomic mass is 10.1. The van der Waals surface area contributed by atoms with Crippen molar-refractivity contribution in [3.8, 4) is 0 Å². The monoisotopic (exact) mass is 401 g/mol. The molecule has 27 heavy (non-hydrogen) atoms. The van der Waals surface area contributed by atoms with Crippen LogP contribution in [0.3, 0.4) is 0 Å². The number of hydrogen-bond acceptors (Lipinski definition) is 4. The van der Waals surface area contributed by atoms with Gasteiger partial charge < -0.3 is 4.90 Å². The third-order valence-electron chi connectivity index (χ3n) is 4.42. The molecule has 0 bridgehead atoms. The number of aromatic nitrogens is 1. The van der Waals surface area contributed by atoms with Crippen molar-refractivity contribution in [2.75, 3.05) is 32.1 Å². The molecule has 0 unspecified atom stereocenters. The quantitative estimate of drug-likeness (QED) is 0.600. The predicted molar refractivity (Wildman–Crippen MR) is 115 cm³/mol. The second-order valence-corrected chi connectivity index (χ2v) is 8.46. The summed E-state index contributed by atoms with van der Waals surface area (Å²) in [5, 5.41) is 1.37. The average molecular weight is 402 g/mol. The Morgan fingerprint density at radius 2 is 1.89 bits per heavy atom. The average Bonchev–Trinajstić information content (AvgIpc) is 3.00. The third-order valence-corrected chi connectivity index (χ3v) is 5.81. The van der Waals surface area contributed by atoms with Crippen molar-refractivity contribution in [3.05, 3.63) is 58.1 Å². The molecule has 0 aliphatic heterocycles. The van der Waals surface area contributed by atoms with Gasteiger partial charge in [-0.25, -0.2) is 4.98 Å². The normalized spacial score (nSPS) is 11.3. The Balaban J connectivity index is 1.94. The lowest BCUT2D eigenvalue weighted by Gasteiger charge is -2.22. The zero-order valence-electron chi connectivity index (χ0n) is 16.1. The molecule has 1 amide bonds. The molecule has 3 aromatic rings. The number of nitrogens with zero attached hydrogens (tertiary/aromatic N) is 3. The first kappa shape index (κ1) is 19.8. The minimum absolute atomic E-state index is 0.0124. The molecule has 0 spiro atoms. The molecule has 0 fully saturated rings. The molecule has 2 aromatic carbocycles. The van der Waals surface area contributed by atoms with E-state index in [4.69, 9.17) is 16.6 Å². The number of carbonyl (C=O) groups excluding carboxylic acids is 1. The van der Waals surface area contributed by atoms with Crippen LogP contribution in [0.15, 0.2) is 36.4 Å². The lowest BCUT2D eigenvalue weighted by molar-refractivity contribution is -0.118. The van der Waals surface area contributed by atoms with E-state index in [-0.39, 0.29) is 12.3 Å². The van der Waals surface area contributed by atoms with Crippen molar-refractivity contribution in [1.29, 1.82) is 0 Å². The van der Waals surface area contributed by atoms with E-state index in [1.807, 2.05) is 38.4 Å². The van der Waals surface area contributed by atoms with Crippen LogP contribution in [0.2, 0.25) is 5.02 Å². The summed E-state index contributed by atoms with van der Waals surface area (Å²) in [7, 11) is 4.01. The van der Waals surface area contributed by atoms with Gasteiger partial charge in [-0.1, -0.05) is 47.2 Å². The van der Waals surface area contributed by atoms with Crippen molar-refractivity contribution in [2.24, 2.45) is 0 Å². The molecule has 6 heteroatoms. The molecule has 0 saturated heterocycles. The first-order chi connectivity index (χ1) is 12.8. The molecule has 0 atom stereocenters. The van der Waals surface area contributed by atoms with Crippen LogP contribution in [0, 0.1) is 13.8 Å². The second kappa shape index (κ2) is 8.38. The molecule has 0 saturated carbocycles. The minimum Gasteiger partial charge on any atom is -0.308 e. The number of amides is 1. The number of halogens is 1. The van der Waals surface area contributed by atoms with Gasteiger partial charge in [0.2, 0.25) is 5.91 Å². The van der Waals surface area contributed by atoms with E-state index in [1.54, 1.807) is 16.2 Å². The Morgan fingerprint density at radius 1 is 1.15 bits per heavy atom. The van der Waals surface area contributed by atoms with Gasteiger partial charge >= 0.3 is 0 Å². The highest BCUT2D eigenvalue weighted by molar-refractivity contribution is 7.22. The maximum absolute atomic E-state index is 13.1. The van der Waals surface area contributed by atoms with Gasteiger partial charge in [0, 0.05) is 18.1 Å².